The Morgan fingerprint density at radius 3 is 2.26 bits per heavy atom. The van der Waals surface area contributed by atoms with Crippen molar-refractivity contribution in [2.24, 2.45) is 7.05 Å². The summed E-state index contributed by atoms with van der Waals surface area (Å²) in [7, 11) is 2.37. The van der Waals surface area contributed by atoms with Gasteiger partial charge in [-0.1, -0.05) is 12.1 Å². The van der Waals surface area contributed by atoms with Crippen molar-refractivity contribution >= 4 is 49.8 Å². The first-order chi connectivity index (χ1) is 18.7. The summed E-state index contributed by atoms with van der Waals surface area (Å²) in [6.45, 7) is 0. The van der Waals surface area contributed by atoms with Crippen molar-refractivity contribution in [3.63, 3.8) is 0 Å². The molecule has 0 atom stereocenters. The molecule has 0 saturated heterocycles. The third-order valence-corrected chi connectivity index (χ3v) is 7.08. The minimum atomic E-state index is -3.10. The van der Waals surface area contributed by atoms with Gasteiger partial charge in [-0.2, -0.15) is 0 Å². The highest BCUT2D eigenvalue weighted by atomic mass is 32.2. The number of nitrogens with zero attached hydrogens (tertiary/aromatic N) is 4. The summed E-state index contributed by atoms with van der Waals surface area (Å²) in [5, 5.41) is 9.85. The maximum Gasteiger partial charge on any atom is 0.227 e. The molecule has 5 aromatic rings. The lowest BCUT2D eigenvalue weighted by molar-refractivity contribution is 0.415. The number of methoxy groups -OCH3 is 1. The lowest BCUT2D eigenvalue weighted by Gasteiger charge is -2.11. The van der Waals surface area contributed by atoms with Crippen LogP contribution in [0.3, 0.4) is 0 Å². The summed E-state index contributed by atoms with van der Waals surface area (Å²) in [5.74, 6) is 1.88. The highest BCUT2D eigenvalue weighted by Gasteiger charge is 2.18. The average Bonchev–Trinajstić information content (AvgIpc) is 3.23. The van der Waals surface area contributed by atoms with Crippen LogP contribution in [0, 0.1) is 0 Å². The van der Waals surface area contributed by atoms with Gasteiger partial charge in [-0.3, -0.25) is 0 Å². The van der Waals surface area contributed by atoms with E-state index in [0.717, 1.165) is 45.0 Å². The number of fused-ring (bicyclic) bond motifs is 1. The van der Waals surface area contributed by atoms with Gasteiger partial charge in [0.15, 0.2) is 9.84 Å². The minimum Gasteiger partial charge on any atom is -0.497 e. The molecule has 0 fully saturated rings. The Morgan fingerprint density at radius 1 is 0.897 bits per heavy atom. The summed E-state index contributed by atoms with van der Waals surface area (Å²) >= 11 is 0. The van der Waals surface area contributed by atoms with Gasteiger partial charge in [0.25, 0.3) is 0 Å². The van der Waals surface area contributed by atoms with Gasteiger partial charge in [0.2, 0.25) is 11.9 Å². The number of sulfone groups is 1. The molecule has 2 heterocycles. The number of ether oxygens (including phenoxy) is 1. The number of imidazole rings is 1. The van der Waals surface area contributed by atoms with Crippen molar-refractivity contribution in [3.8, 4) is 17.0 Å². The van der Waals surface area contributed by atoms with Crippen LogP contribution in [0.5, 0.6) is 5.75 Å². The van der Waals surface area contributed by atoms with E-state index >= 15 is 0 Å². The molecule has 5 rings (SSSR count). The number of hydrogen-bond donors (Lipinski definition) is 3. The van der Waals surface area contributed by atoms with Crippen LogP contribution < -0.4 is 20.7 Å². The Hall–Kier alpha value is -4.64. The Labute approximate surface area is 227 Å². The van der Waals surface area contributed by atoms with Crippen molar-refractivity contribution in [2.75, 3.05) is 36.4 Å². The highest BCUT2D eigenvalue weighted by molar-refractivity contribution is 7.89. The van der Waals surface area contributed by atoms with Crippen LogP contribution in [0.25, 0.3) is 22.3 Å². The Balaban J connectivity index is 1.48. The smallest absolute Gasteiger partial charge is 0.227 e. The Morgan fingerprint density at radius 2 is 1.59 bits per heavy atom. The number of hydrogen-bond acceptors (Lipinski definition) is 9. The summed E-state index contributed by atoms with van der Waals surface area (Å²) in [6.07, 6.45) is 2.92. The topological polar surface area (TPSA) is 123 Å². The van der Waals surface area contributed by atoms with Crippen LogP contribution in [0.15, 0.2) is 72.9 Å². The van der Waals surface area contributed by atoms with E-state index in [0.29, 0.717) is 17.6 Å². The summed E-state index contributed by atoms with van der Waals surface area (Å²) < 4.78 is 30.4. The SMILES string of the molecule is CNc1ccc2c(nc(Nc3ccc(OC)cc3)n2C)c1-c1ccnc(Nc2ccc(CS(C)(=O)=O)cc2)n1. The fourth-order valence-corrected chi connectivity index (χ4v) is 5.11. The molecule has 200 valence electrons. The Bertz CT molecular complexity index is 1730. The third-order valence-electron chi connectivity index (χ3n) is 6.22. The van der Waals surface area contributed by atoms with Crippen LogP contribution in [-0.2, 0) is 22.6 Å². The maximum absolute atomic E-state index is 11.6. The molecule has 0 aliphatic rings. The molecular weight excluding hydrogens is 514 g/mol. The molecule has 11 heteroatoms. The van der Waals surface area contributed by atoms with Crippen LogP contribution in [-0.4, -0.2) is 48.4 Å². The zero-order valence-corrected chi connectivity index (χ0v) is 22.9. The first kappa shape index (κ1) is 26.0. The molecule has 39 heavy (non-hydrogen) atoms. The quantitative estimate of drug-likeness (QED) is 0.233. The van der Waals surface area contributed by atoms with Gasteiger partial charge in [0.1, 0.15) is 11.3 Å². The fraction of sp³-hybridized carbons (Fsp3) is 0.179. The molecule has 0 bridgehead atoms. The van der Waals surface area contributed by atoms with Crippen molar-refractivity contribution in [1.29, 1.82) is 0 Å². The number of aromatic nitrogens is 4. The standard InChI is InChI=1S/C28H29N7O3S/c1-29-22-13-14-24-26(34-28(35(24)2)32-20-9-11-21(38-3)12-10-20)25(22)23-15-16-30-27(33-23)31-19-7-5-18(6-8-19)17-39(4,36)37/h5-16,29H,17H2,1-4H3,(H,32,34)(H,30,31,33). The number of rotatable bonds is 9. The fourth-order valence-electron chi connectivity index (χ4n) is 4.32. The second kappa shape index (κ2) is 10.6. The van der Waals surface area contributed by atoms with Crippen LogP contribution in [0.1, 0.15) is 5.56 Å². The molecule has 0 saturated carbocycles. The van der Waals surface area contributed by atoms with Gasteiger partial charge in [0, 0.05) is 43.6 Å². The normalized spacial score (nSPS) is 11.4. The predicted octanol–water partition coefficient (Wildman–Crippen LogP) is 5.11. The van der Waals surface area contributed by atoms with Gasteiger partial charge >= 0.3 is 0 Å². The molecule has 2 aromatic heterocycles. The van der Waals surface area contributed by atoms with E-state index in [4.69, 9.17) is 14.7 Å². The van der Waals surface area contributed by atoms with Gasteiger partial charge in [-0.25, -0.2) is 23.4 Å². The van der Waals surface area contributed by atoms with Gasteiger partial charge < -0.3 is 25.3 Å². The number of aryl methyl sites for hydroxylation is 1. The number of anilines is 5. The van der Waals surface area contributed by atoms with Gasteiger partial charge in [0.05, 0.1) is 29.6 Å². The van der Waals surface area contributed by atoms with E-state index in [-0.39, 0.29) is 5.75 Å². The largest absolute Gasteiger partial charge is 0.497 e. The first-order valence-corrected chi connectivity index (χ1v) is 14.3. The van der Waals surface area contributed by atoms with Crippen molar-refractivity contribution in [1.82, 2.24) is 19.5 Å². The van der Waals surface area contributed by atoms with E-state index in [2.05, 4.69) is 20.9 Å². The van der Waals surface area contributed by atoms with E-state index in [9.17, 15) is 8.42 Å². The Kier molecular flexibility index (Phi) is 7.07. The molecule has 0 unspecified atom stereocenters. The van der Waals surface area contributed by atoms with E-state index < -0.39 is 9.84 Å². The van der Waals surface area contributed by atoms with E-state index in [1.807, 2.05) is 73.3 Å². The lowest BCUT2D eigenvalue weighted by Crippen LogP contribution is -2.02. The second-order valence-electron chi connectivity index (χ2n) is 9.11. The summed E-state index contributed by atoms with van der Waals surface area (Å²) in [5.41, 5.74) is 6.52. The van der Waals surface area contributed by atoms with Crippen molar-refractivity contribution < 1.29 is 13.2 Å². The molecule has 3 aromatic carbocycles. The third kappa shape index (κ3) is 5.78. The first-order valence-electron chi connectivity index (χ1n) is 12.2. The average molecular weight is 544 g/mol. The zero-order valence-electron chi connectivity index (χ0n) is 22.1. The van der Waals surface area contributed by atoms with Crippen LogP contribution >= 0.6 is 0 Å². The molecule has 0 radical (unpaired) electrons. The van der Waals surface area contributed by atoms with Crippen LogP contribution in [0.4, 0.5) is 29.0 Å². The number of benzene rings is 3. The van der Waals surface area contributed by atoms with Crippen molar-refractivity contribution in [3.05, 3.63) is 78.5 Å². The molecule has 10 nitrogen and oxygen atoms in total. The van der Waals surface area contributed by atoms with E-state index in [1.165, 1.54) is 6.26 Å². The molecule has 0 spiro atoms. The highest BCUT2D eigenvalue weighted by Crippen LogP contribution is 2.36. The molecule has 0 aliphatic carbocycles. The van der Waals surface area contributed by atoms with E-state index in [1.54, 1.807) is 25.4 Å². The minimum absolute atomic E-state index is 0.00451. The predicted molar refractivity (Wildman–Crippen MR) is 156 cm³/mol. The lowest BCUT2D eigenvalue weighted by atomic mass is 10.1. The zero-order chi connectivity index (χ0) is 27.6. The number of nitrogens with one attached hydrogen (secondary N) is 3. The van der Waals surface area contributed by atoms with Crippen molar-refractivity contribution in [2.45, 2.75) is 5.75 Å². The molecule has 3 N–H and O–H groups in total. The monoisotopic (exact) mass is 543 g/mol. The molecule has 0 amide bonds. The molecular formula is C28H29N7O3S. The maximum atomic E-state index is 11.6. The molecule has 0 aliphatic heterocycles. The second-order valence-corrected chi connectivity index (χ2v) is 11.3. The summed E-state index contributed by atoms with van der Waals surface area (Å²) in [4.78, 5) is 14.1. The van der Waals surface area contributed by atoms with Crippen LogP contribution in [0.2, 0.25) is 0 Å². The van der Waals surface area contributed by atoms with Gasteiger partial charge in [-0.05, 0) is 60.2 Å². The summed E-state index contributed by atoms with van der Waals surface area (Å²) in [6, 6.07) is 20.7. The van der Waals surface area contributed by atoms with Gasteiger partial charge in [-0.15, -0.1) is 0 Å².